The molecule has 1 aliphatic rings. The number of hydrogen-bond donors (Lipinski definition) is 0. The largest absolute Gasteiger partial charge is 0.496 e. The number of rotatable bonds is 6. The normalized spacial score (nSPS) is 14.7. The average molecular weight is 361 g/mol. The maximum absolute atomic E-state index is 5.89. The van der Waals surface area contributed by atoms with Crippen LogP contribution in [-0.4, -0.2) is 44.6 Å². The van der Waals surface area contributed by atoms with Crippen LogP contribution in [0.3, 0.4) is 0 Å². The molecule has 0 aliphatic carbocycles. The second kappa shape index (κ2) is 8.74. The Morgan fingerprint density at radius 1 is 1.16 bits per heavy atom. The van der Waals surface area contributed by atoms with Crippen molar-refractivity contribution in [3.63, 3.8) is 0 Å². The van der Waals surface area contributed by atoms with Gasteiger partial charge in [0.25, 0.3) is 0 Å². The first-order valence-corrected chi connectivity index (χ1v) is 8.54. The molecule has 2 aromatic carbocycles. The summed E-state index contributed by atoms with van der Waals surface area (Å²) in [6.07, 6.45) is 1.86. The van der Waals surface area contributed by atoms with Crippen molar-refractivity contribution in [3.8, 4) is 11.5 Å². The molecule has 132 valence electrons. The fraction of sp³-hybridized carbons (Fsp3) is 0.316. The Kier molecular flexibility index (Phi) is 6.14. The van der Waals surface area contributed by atoms with Gasteiger partial charge in [0.05, 0.1) is 39.6 Å². The van der Waals surface area contributed by atoms with E-state index in [-0.39, 0.29) is 0 Å². The maximum Gasteiger partial charge on any atom is 0.125 e. The fourth-order valence-electron chi connectivity index (χ4n) is 2.50. The van der Waals surface area contributed by atoms with Gasteiger partial charge in [0.2, 0.25) is 0 Å². The summed E-state index contributed by atoms with van der Waals surface area (Å²) in [6.45, 7) is 3.49. The van der Waals surface area contributed by atoms with E-state index in [1.807, 2.05) is 41.6 Å². The first-order chi connectivity index (χ1) is 12.2. The molecule has 1 heterocycles. The lowest BCUT2D eigenvalue weighted by Gasteiger charge is -2.23. The molecule has 0 bridgehead atoms. The van der Waals surface area contributed by atoms with Crippen LogP contribution < -0.4 is 9.47 Å². The molecule has 0 unspecified atom stereocenters. The second-order valence-corrected chi connectivity index (χ2v) is 6.06. The van der Waals surface area contributed by atoms with Crippen molar-refractivity contribution >= 4 is 17.8 Å². The van der Waals surface area contributed by atoms with E-state index >= 15 is 0 Å². The Balaban J connectivity index is 1.68. The van der Waals surface area contributed by atoms with Crippen LogP contribution in [0.4, 0.5) is 0 Å². The Bertz CT molecular complexity index is 713. The van der Waals surface area contributed by atoms with Crippen molar-refractivity contribution in [2.75, 3.05) is 33.4 Å². The summed E-state index contributed by atoms with van der Waals surface area (Å²) in [5.74, 6) is 1.55. The molecule has 0 aromatic heterocycles. The van der Waals surface area contributed by atoms with Crippen LogP contribution in [-0.2, 0) is 11.3 Å². The van der Waals surface area contributed by atoms with E-state index in [0.29, 0.717) is 11.6 Å². The Morgan fingerprint density at radius 2 is 1.92 bits per heavy atom. The van der Waals surface area contributed by atoms with E-state index < -0.39 is 0 Å². The minimum Gasteiger partial charge on any atom is -0.496 e. The predicted molar refractivity (Wildman–Crippen MR) is 98.8 cm³/mol. The van der Waals surface area contributed by atoms with Gasteiger partial charge >= 0.3 is 0 Å². The van der Waals surface area contributed by atoms with Crippen molar-refractivity contribution in [1.29, 1.82) is 0 Å². The van der Waals surface area contributed by atoms with Gasteiger partial charge in [0, 0.05) is 10.6 Å². The Morgan fingerprint density at radius 3 is 2.64 bits per heavy atom. The minimum absolute atomic E-state index is 0.407. The van der Waals surface area contributed by atoms with Crippen molar-refractivity contribution in [2.45, 2.75) is 6.61 Å². The van der Waals surface area contributed by atoms with E-state index in [2.05, 4.69) is 5.10 Å². The van der Waals surface area contributed by atoms with Gasteiger partial charge in [-0.15, -0.1) is 0 Å². The van der Waals surface area contributed by atoms with Crippen LogP contribution in [0, 0.1) is 0 Å². The fourth-order valence-corrected chi connectivity index (χ4v) is 2.63. The zero-order valence-electron chi connectivity index (χ0n) is 14.2. The van der Waals surface area contributed by atoms with Crippen LogP contribution in [0.2, 0.25) is 5.02 Å². The molecule has 0 atom stereocenters. The third-order valence-electron chi connectivity index (χ3n) is 3.87. The summed E-state index contributed by atoms with van der Waals surface area (Å²) in [5, 5.41) is 7.21. The van der Waals surface area contributed by atoms with Crippen LogP contribution in [0.5, 0.6) is 11.5 Å². The predicted octanol–water partition coefficient (Wildman–Crippen LogP) is 3.59. The van der Waals surface area contributed by atoms with Gasteiger partial charge in [-0.1, -0.05) is 11.6 Å². The van der Waals surface area contributed by atoms with Crippen LogP contribution >= 0.6 is 11.6 Å². The smallest absolute Gasteiger partial charge is 0.125 e. The lowest BCUT2D eigenvalue weighted by atomic mass is 10.1. The molecule has 1 aliphatic heterocycles. The highest BCUT2D eigenvalue weighted by atomic mass is 35.5. The van der Waals surface area contributed by atoms with Gasteiger partial charge in [-0.25, -0.2) is 0 Å². The van der Waals surface area contributed by atoms with Crippen LogP contribution in [0.15, 0.2) is 47.6 Å². The number of methoxy groups -OCH3 is 1. The number of hydrogen-bond acceptors (Lipinski definition) is 5. The van der Waals surface area contributed by atoms with E-state index in [4.69, 9.17) is 25.8 Å². The standard InChI is InChI=1S/C19H21ClN2O3/c1-23-19-7-2-15(13-21-22-8-10-24-11-9-22)12-16(19)14-25-18-5-3-17(20)4-6-18/h2-7,12-13H,8-11,14H2,1H3/b21-13+. The monoisotopic (exact) mass is 360 g/mol. The highest BCUT2D eigenvalue weighted by molar-refractivity contribution is 6.30. The van der Waals surface area contributed by atoms with Gasteiger partial charge in [0.15, 0.2) is 0 Å². The molecular formula is C19H21ClN2O3. The summed E-state index contributed by atoms with van der Waals surface area (Å²) in [4.78, 5) is 0. The van der Waals surface area contributed by atoms with Gasteiger partial charge in [-0.05, 0) is 48.0 Å². The number of benzene rings is 2. The van der Waals surface area contributed by atoms with Crippen molar-refractivity contribution in [1.82, 2.24) is 5.01 Å². The first kappa shape index (κ1) is 17.6. The summed E-state index contributed by atoms with van der Waals surface area (Å²) in [7, 11) is 1.66. The van der Waals surface area contributed by atoms with E-state index in [1.54, 1.807) is 19.2 Å². The minimum atomic E-state index is 0.407. The third-order valence-corrected chi connectivity index (χ3v) is 4.12. The van der Waals surface area contributed by atoms with Crippen molar-refractivity contribution in [2.24, 2.45) is 5.10 Å². The summed E-state index contributed by atoms with van der Waals surface area (Å²) in [6, 6.07) is 13.2. The molecule has 3 rings (SSSR count). The molecular weight excluding hydrogens is 340 g/mol. The number of ether oxygens (including phenoxy) is 3. The second-order valence-electron chi connectivity index (χ2n) is 5.62. The summed E-state index contributed by atoms with van der Waals surface area (Å²) in [5.41, 5.74) is 1.96. The molecule has 0 spiro atoms. The zero-order chi connectivity index (χ0) is 17.5. The van der Waals surface area contributed by atoms with Crippen LogP contribution in [0.25, 0.3) is 0 Å². The quantitative estimate of drug-likeness (QED) is 0.738. The van der Waals surface area contributed by atoms with Crippen LogP contribution in [0.1, 0.15) is 11.1 Å². The van der Waals surface area contributed by atoms with Crippen molar-refractivity contribution in [3.05, 3.63) is 58.6 Å². The summed E-state index contributed by atoms with van der Waals surface area (Å²) < 4.78 is 16.6. The molecule has 0 radical (unpaired) electrons. The topological polar surface area (TPSA) is 43.3 Å². The molecule has 0 N–H and O–H groups in total. The SMILES string of the molecule is COc1ccc(/C=N/N2CCOCC2)cc1COc1ccc(Cl)cc1. The van der Waals surface area contributed by atoms with Gasteiger partial charge in [-0.2, -0.15) is 5.10 Å². The molecule has 6 heteroatoms. The lowest BCUT2D eigenvalue weighted by Crippen LogP contribution is -2.32. The number of halogens is 1. The molecule has 25 heavy (non-hydrogen) atoms. The Labute approximate surface area is 152 Å². The maximum atomic E-state index is 5.89. The average Bonchev–Trinajstić information content (AvgIpc) is 2.67. The van der Waals surface area contributed by atoms with Gasteiger partial charge in [-0.3, -0.25) is 5.01 Å². The zero-order valence-corrected chi connectivity index (χ0v) is 14.9. The third kappa shape index (κ3) is 5.11. The van der Waals surface area contributed by atoms with E-state index in [9.17, 15) is 0 Å². The molecule has 1 saturated heterocycles. The molecule has 0 saturated carbocycles. The number of hydrazone groups is 1. The summed E-state index contributed by atoms with van der Waals surface area (Å²) >= 11 is 5.89. The lowest BCUT2D eigenvalue weighted by molar-refractivity contribution is 0.0397. The highest BCUT2D eigenvalue weighted by Crippen LogP contribution is 2.22. The van der Waals surface area contributed by atoms with Gasteiger partial charge in [0.1, 0.15) is 18.1 Å². The Hall–Kier alpha value is -2.24. The molecule has 2 aromatic rings. The highest BCUT2D eigenvalue weighted by Gasteiger charge is 2.08. The molecule has 0 amide bonds. The van der Waals surface area contributed by atoms with Crippen molar-refractivity contribution < 1.29 is 14.2 Å². The van der Waals surface area contributed by atoms with E-state index in [0.717, 1.165) is 48.9 Å². The molecule has 5 nitrogen and oxygen atoms in total. The number of nitrogens with zero attached hydrogens (tertiary/aromatic N) is 2. The van der Waals surface area contributed by atoms with Gasteiger partial charge < -0.3 is 14.2 Å². The molecule has 1 fully saturated rings. The van der Waals surface area contributed by atoms with E-state index in [1.165, 1.54) is 0 Å². The first-order valence-electron chi connectivity index (χ1n) is 8.16. The number of morpholine rings is 1.